The summed E-state index contributed by atoms with van der Waals surface area (Å²) in [5.41, 5.74) is 4.24. The standard InChI is InChI=1S/C28H25ClF3N7O/c1-16-14-38(15-34-16)24-10-9-23(35-27(24)40-2)25-36-26-19(4-3-11-39(26)37-25)20-12-17(5-7-21(20)29)22-8-6-18(13-33-22)28(30,31)32/h5,7-10,12-15,18-19H,3-4,6,11H2,1-2H3. The number of benzene rings is 1. The predicted octanol–water partition coefficient (Wildman–Crippen LogP) is 6.42. The molecule has 5 heterocycles. The number of alkyl halides is 3. The van der Waals surface area contributed by atoms with Gasteiger partial charge in [-0.2, -0.15) is 13.2 Å². The summed E-state index contributed by atoms with van der Waals surface area (Å²) in [7, 11) is 1.56. The minimum atomic E-state index is -4.31. The van der Waals surface area contributed by atoms with Crippen LogP contribution in [0.2, 0.25) is 5.02 Å². The van der Waals surface area contributed by atoms with E-state index < -0.39 is 12.1 Å². The molecule has 6 rings (SSSR count). The Morgan fingerprint density at radius 1 is 1.12 bits per heavy atom. The number of hydrogen-bond acceptors (Lipinski definition) is 6. The molecule has 0 saturated heterocycles. The van der Waals surface area contributed by atoms with Gasteiger partial charge in [-0.1, -0.05) is 23.7 Å². The van der Waals surface area contributed by atoms with Crippen molar-refractivity contribution in [3.05, 3.63) is 76.6 Å². The molecule has 2 unspecified atom stereocenters. The summed E-state index contributed by atoms with van der Waals surface area (Å²) in [6.45, 7) is 2.61. The molecular weight excluding hydrogens is 543 g/mol. The number of fused-ring (bicyclic) bond motifs is 1. The molecular formula is C28H25ClF3N7O. The number of aliphatic imine (C=N–C) groups is 1. The van der Waals surface area contributed by atoms with Gasteiger partial charge in [-0.25, -0.2) is 19.6 Å². The van der Waals surface area contributed by atoms with Crippen molar-refractivity contribution < 1.29 is 17.9 Å². The highest BCUT2D eigenvalue weighted by molar-refractivity contribution is 6.31. The van der Waals surface area contributed by atoms with Crippen LogP contribution in [0, 0.1) is 12.8 Å². The summed E-state index contributed by atoms with van der Waals surface area (Å²) in [5, 5.41) is 5.29. The Hall–Kier alpha value is -3.99. The Labute approximate surface area is 233 Å². The molecule has 206 valence electrons. The van der Waals surface area contributed by atoms with Gasteiger partial charge in [0.05, 0.1) is 30.7 Å². The zero-order chi connectivity index (χ0) is 28.0. The molecule has 0 fully saturated rings. The van der Waals surface area contributed by atoms with E-state index in [0.29, 0.717) is 40.2 Å². The van der Waals surface area contributed by atoms with Crippen LogP contribution >= 0.6 is 11.6 Å². The van der Waals surface area contributed by atoms with Crippen LogP contribution in [-0.2, 0) is 6.54 Å². The molecule has 0 radical (unpaired) electrons. The SMILES string of the molecule is COc1nc(-c2nc3n(n2)CCCC3c2cc(C3=CCC(C(F)(F)F)C=N3)ccc2Cl)ccc1-n1cnc(C)c1. The van der Waals surface area contributed by atoms with Gasteiger partial charge >= 0.3 is 6.18 Å². The van der Waals surface area contributed by atoms with Gasteiger partial charge < -0.3 is 9.30 Å². The Morgan fingerprint density at radius 3 is 2.67 bits per heavy atom. The number of ether oxygens (including phenoxy) is 1. The third-order valence-corrected chi connectivity index (χ3v) is 7.52. The molecule has 12 heteroatoms. The lowest BCUT2D eigenvalue weighted by Gasteiger charge is -2.24. The Balaban J connectivity index is 1.32. The monoisotopic (exact) mass is 567 g/mol. The van der Waals surface area contributed by atoms with Crippen LogP contribution in [-0.4, -0.2) is 48.8 Å². The maximum Gasteiger partial charge on any atom is 0.396 e. The number of halogens is 4. The van der Waals surface area contributed by atoms with Crippen molar-refractivity contribution in [2.75, 3.05) is 7.11 Å². The molecule has 0 amide bonds. The van der Waals surface area contributed by atoms with E-state index in [1.165, 1.54) is 6.08 Å². The minimum absolute atomic E-state index is 0.142. The summed E-state index contributed by atoms with van der Waals surface area (Å²) in [6.07, 6.45) is 3.32. The molecule has 0 aliphatic carbocycles. The van der Waals surface area contributed by atoms with Crippen molar-refractivity contribution in [2.24, 2.45) is 10.9 Å². The quantitative estimate of drug-likeness (QED) is 0.278. The van der Waals surface area contributed by atoms with Crippen molar-refractivity contribution >= 4 is 23.5 Å². The first-order chi connectivity index (χ1) is 19.2. The summed E-state index contributed by atoms with van der Waals surface area (Å²) >= 11 is 6.66. The second-order valence-corrected chi connectivity index (χ2v) is 10.3. The number of aryl methyl sites for hydroxylation is 2. The largest absolute Gasteiger partial charge is 0.479 e. The van der Waals surface area contributed by atoms with Gasteiger partial charge in [0.25, 0.3) is 0 Å². The van der Waals surface area contributed by atoms with Gasteiger partial charge in [0.2, 0.25) is 5.88 Å². The summed E-state index contributed by atoms with van der Waals surface area (Å²) in [5.74, 6) is -0.0614. The van der Waals surface area contributed by atoms with Crippen LogP contribution in [0.15, 0.2) is 53.9 Å². The number of hydrogen-bond donors (Lipinski definition) is 0. The van der Waals surface area contributed by atoms with E-state index in [1.807, 2.05) is 40.6 Å². The average molecular weight is 568 g/mol. The number of imidazole rings is 1. The Kier molecular flexibility index (Phi) is 6.69. The number of aromatic nitrogens is 6. The Morgan fingerprint density at radius 2 is 1.98 bits per heavy atom. The van der Waals surface area contributed by atoms with Gasteiger partial charge in [0.15, 0.2) is 5.82 Å². The molecule has 1 aromatic carbocycles. The number of rotatable bonds is 5. The first-order valence-corrected chi connectivity index (χ1v) is 13.2. The fourth-order valence-electron chi connectivity index (χ4n) is 5.11. The summed E-state index contributed by atoms with van der Waals surface area (Å²) < 4.78 is 48.5. The lowest BCUT2D eigenvalue weighted by atomic mass is 9.89. The summed E-state index contributed by atoms with van der Waals surface area (Å²) in [4.78, 5) is 17.9. The van der Waals surface area contributed by atoms with E-state index in [4.69, 9.17) is 26.4 Å². The van der Waals surface area contributed by atoms with Gasteiger partial charge in [-0.3, -0.25) is 4.99 Å². The molecule has 8 nitrogen and oxygen atoms in total. The van der Waals surface area contributed by atoms with E-state index >= 15 is 0 Å². The van der Waals surface area contributed by atoms with Crippen LogP contribution < -0.4 is 4.74 Å². The summed E-state index contributed by atoms with van der Waals surface area (Å²) in [6, 6.07) is 9.18. The fraction of sp³-hybridized carbons (Fsp3) is 0.321. The molecule has 2 aliphatic heterocycles. The van der Waals surface area contributed by atoms with E-state index in [-0.39, 0.29) is 12.3 Å². The van der Waals surface area contributed by atoms with Crippen molar-refractivity contribution in [2.45, 2.75) is 44.8 Å². The smallest absolute Gasteiger partial charge is 0.396 e. The second-order valence-electron chi connectivity index (χ2n) is 9.85. The maximum atomic E-state index is 13.1. The molecule has 4 aromatic rings. The normalized spacial score (nSPS) is 18.9. The molecule has 0 bridgehead atoms. The van der Waals surface area contributed by atoms with E-state index in [0.717, 1.165) is 41.8 Å². The van der Waals surface area contributed by atoms with E-state index in [2.05, 4.69) is 15.0 Å². The maximum absolute atomic E-state index is 13.1. The van der Waals surface area contributed by atoms with Crippen molar-refractivity contribution in [3.63, 3.8) is 0 Å². The van der Waals surface area contributed by atoms with Crippen LogP contribution in [0.3, 0.4) is 0 Å². The molecule has 3 aromatic heterocycles. The van der Waals surface area contributed by atoms with Crippen molar-refractivity contribution in [3.8, 4) is 23.1 Å². The van der Waals surface area contributed by atoms with Gasteiger partial charge in [0, 0.05) is 35.5 Å². The third kappa shape index (κ3) is 4.90. The highest BCUT2D eigenvalue weighted by atomic mass is 35.5. The average Bonchev–Trinajstić information content (AvgIpc) is 3.59. The van der Waals surface area contributed by atoms with Gasteiger partial charge in [0.1, 0.15) is 17.2 Å². The third-order valence-electron chi connectivity index (χ3n) is 7.17. The van der Waals surface area contributed by atoms with E-state index in [9.17, 15) is 13.2 Å². The lowest BCUT2D eigenvalue weighted by molar-refractivity contribution is -0.153. The zero-order valence-electron chi connectivity index (χ0n) is 21.7. The van der Waals surface area contributed by atoms with Crippen LogP contribution in [0.4, 0.5) is 13.2 Å². The first-order valence-electron chi connectivity index (χ1n) is 12.8. The molecule has 0 N–H and O–H groups in total. The number of nitrogens with zero attached hydrogens (tertiary/aromatic N) is 7. The zero-order valence-corrected chi connectivity index (χ0v) is 22.5. The predicted molar refractivity (Wildman–Crippen MR) is 145 cm³/mol. The molecule has 40 heavy (non-hydrogen) atoms. The molecule has 2 aliphatic rings. The Bertz CT molecular complexity index is 1640. The minimum Gasteiger partial charge on any atom is -0.479 e. The topological polar surface area (TPSA) is 83.0 Å². The second kappa shape index (κ2) is 10.2. The van der Waals surface area contributed by atoms with Crippen LogP contribution in [0.25, 0.3) is 22.9 Å². The van der Waals surface area contributed by atoms with Crippen molar-refractivity contribution in [1.29, 1.82) is 0 Å². The van der Waals surface area contributed by atoms with Crippen LogP contribution in [0.1, 0.15) is 47.8 Å². The highest BCUT2D eigenvalue weighted by Crippen LogP contribution is 2.39. The molecule has 0 spiro atoms. The molecule has 2 atom stereocenters. The first kappa shape index (κ1) is 26.2. The number of methoxy groups -OCH3 is 1. The number of allylic oxidation sites excluding steroid dienone is 1. The highest BCUT2D eigenvalue weighted by Gasteiger charge is 2.38. The van der Waals surface area contributed by atoms with E-state index in [1.54, 1.807) is 25.6 Å². The fourth-order valence-corrected chi connectivity index (χ4v) is 5.36. The van der Waals surface area contributed by atoms with Gasteiger partial charge in [-0.15, -0.1) is 5.10 Å². The number of pyridine rings is 1. The lowest BCUT2D eigenvalue weighted by Crippen LogP contribution is -2.25. The van der Waals surface area contributed by atoms with Crippen LogP contribution in [0.5, 0.6) is 5.88 Å². The molecule has 0 saturated carbocycles. The van der Waals surface area contributed by atoms with Crippen molar-refractivity contribution in [1.82, 2.24) is 29.3 Å². The van der Waals surface area contributed by atoms with Gasteiger partial charge in [-0.05, 0) is 56.0 Å².